The maximum Gasteiger partial charge on any atom is 0.115 e. The number of aromatic hydroxyl groups is 1. The van der Waals surface area contributed by atoms with Crippen LogP contribution in [0.25, 0.3) is 0 Å². The molecule has 1 saturated heterocycles. The third-order valence-electron chi connectivity index (χ3n) is 2.66. The van der Waals surface area contributed by atoms with Crippen molar-refractivity contribution in [1.29, 1.82) is 0 Å². The van der Waals surface area contributed by atoms with Gasteiger partial charge < -0.3 is 15.5 Å². The predicted octanol–water partition coefficient (Wildman–Crippen LogP) is 0.659. The van der Waals surface area contributed by atoms with E-state index in [0.717, 1.165) is 18.5 Å². The zero-order chi connectivity index (χ0) is 10.0. The minimum atomic E-state index is -0.631. The van der Waals surface area contributed by atoms with Gasteiger partial charge in [-0.15, -0.1) is 0 Å². The summed E-state index contributed by atoms with van der Waals surface area (Å²) < 4.78 is 0. The summed E-state index contributed by atoms with van der Waals surface area (Å²) in [6, 6.07) is 7.07. The van der Waals surface area contributed by atoms with Gasteiger partial charge in [0.2, 0.25) is 0 Å². The average Bonchev–Trinajstić information content (AvgIpc) is 2.51. The number of nitrogens with one attached hydrogen (secondary N) is 1. The molecule has 1 aliphatic rings. The first kappa shape index (κ1) is 9.49. The normalized spacial score (nSPS) is 26.6. The lowest BCUT2D eigenvalue weighted by atomic mass is 9.94. The van der Waals surface area contributed by atoms with Crippen LogP contribution in [0.1, 0.15) is 12.0 Å². The highest BCUT2D eigenvalue weighted by Crippen LogP contribution is 2.22. The second kappa shape index (κ2) is 3.59. The number of benzene rings is 1. The molecule has 3 nitrogen and oxygen atoms in total. The summed E-state index contributed by atoms with van der Waals surface area (Å²) in [7, 11) is 0. The Kier molecular flexibility index (Phi) is 2.44. The zero-order valence-electron chi connectivity index (χ0n) is 8.03. The molecule has 3 N–H and O–H groups in total. The predicted molar refractivity (Wildman–Crippen MR) is 54.2 cm³/mol. The van der Waals surface area contributed by atoms with E-state index < -0.39 is 5.60 Å². The summed E-state index contributed by atoms with van der Waals surface area (Å²) in [6.45, 7) is 1.51. The van der Waals surface area contributed by atoms with Crippen LogP contribution >= 0.6 is 0 Å². The van der Waals surface area contributed by atoms with E-state index >= 15 is 0 Å². The standard InChI is InChI=1S/C11H15NO2/c13-10-3-1-2-9(6-10)7-11(14)4-5-12-8-11/h1-3,6,12-14H,4-5,7-8H2. The summed E-state index contributed by atoms with van der Waals surface area (Å²) in [5.74, 6) is 0.261. The smallest absolute Gasteiger partial charge is 0.115 e. The number of hydrogen-bond acceptors (Lipinski definition) is 3. The minimum Gasteiger partial charge on any atom is -0.508 e. The Morgan fingerprint density at radius 3 is 2.93 bits per heavy atom. The van der Waals surface area contributed by atoms with Crippen molar-refractivity contribution >= 4 is 0 Å². The van der Waals surface area contributed by atoms with Crippen molar-refractivity contribution in [3.63, 3.8) is 0 Å². The second-order valence-electron chi connectivity index (χ2n) is 4.00. The van der Waals surface area contributed by atoms with E-state index in [1.807, 2.05) is 6.07 Å². The van der Waals surface area contributed by atoms with Crippen LogP contribution in [0.2, 0.25) is 0 Å². The van der Waals surface area contributed by atoms with Crippen molar-refractivity contribution in [3.05, 3.63) is 29.8 Å². The Hall–Kier alpha value is -1.06. The van der Waals surface area contributed by atoms with E-state index in [9.17, 15) is 10.2 Å². The van der Waals surface area contributed by atoms with Crippen molar-refractivity contribution in [2.75, 3.05) is 13.1 Å². The van der Waals surface area contributed by atoms with Crippen molar-refractivity contribution in [2.24, 2.45) is 0 Å². The molecule has 0 aromatic heterocycles. The summed E-state index contributed by atoms with van der Waals surface area (Å²) in [4.78, 5) is 0. The maximum atomic E-state index is 10.1. The van der Waals surface area contributed by atoms with Gasteiger partial charge in [-0.05, 0) is 30.7 Å². The van der Waals surface area contributed by atoms with Crippen LogP contribution in [0.15, 0.2) is 24.3 Å². The molecular weight excluding hydrogens is 178 g/mol. The lowest BCUT2D eigenvalue weighted by Gasteiger charge is -2.21. The lowest BCUT2D eigenvalue weighted by molar-refractivity contribution is 0.0618. The van der Waals surface area contributed by atoms with Crippen LogP contribution in [-0.2, 0) is 6.42 Å². The van der Waals surface area contributed by atoms with E-state index in [-0.39, 0.29) is 5.75 Å². The maximum absolute atomic E-state index is 10.1. The number of phenols is 1. The molecule has 1 fully saturated rings. The van der Waals surface area contributed by atoms with E-state index in [0.29, 0.717) is 13.0 Å². The van der Waals surface area contributed by atoms with Crippen molar-refractivity contribution in [3.8, 4) is 5.75 Å². The SMILES string of the molecule is Oc1cccc(CC2(O)CCNC2)c1. The molecule has 2 rings (SSSR count). The molecule has 0 amide bonds. The van der Waals surface area contributed by atoms with Crippen molar-refractivity contribution in [2.45, 2.75) is 18.4 Å². The zero-order valence-corrected chi connectivity index (χ0v) is 8.03. The van der Waals surface area contributed by atoms with E-state index in [4.69, 9.17) is 0 Å². The van der Waals surface area contributed by atoms with Gasteiger partial charge in [0.15, 0.2) is 0 Å². The van der Waals surface area contributed by atoms with Gasteiger partial charge in [-0.1, -0.05) is 12.1 Å². The third-order valence-corrected chi connectivity index (χ3v) is 2.66. The van der Waals surface area contributed by atoms with Gasteiger partial charge in [-0.2, -0.15) is 0 Å². The van der Waals surface area contributed by atoms with Crippen molar-refractivity contribution in [1.82, 2.24) is 5.32 Å². The molecule has 1 unspecified atom stereocenters. The van der Waals surface area contributed by atoms with Crippen LogP contribution < -0.4 is 5.32 Å². The van der Waals surface area contributed by atoms with Crippen LogP contribution in [0, 0.1) is 0 Å². The van der Waals surface area contributed by atoms with Crippen LogP contribution in [-0.4, -0.2) is 28.9 Å². The van der Waals surface area contributed by atoms with Crippen molar-refractivity contribution < 1.29 is 10.2 Å². The Balaban J connectivity index is 2.10. The largest absolute Gasteiger partial charge is 0.508 e. The molecule has 1 heterocycles. The van der Waals surface area contributed by atoms with Gasteiger partial charge in [0.25, 0.3) is 0 Å². The second-order valence-corrected chi connectivity index (χ2v) is 4.00. The molecule has 0 saturated carbocycles. The fourth-order valence-electron chi connectivity index (χ4n) is 1.93. The van der Waals surface area contributed by atoms with Crippen LogP contribution in [0.3, 0.4) is 0 Å². The number of phenolic OH excluding ortho intramolecular Hbond substituents is 1. The Labute approximate surface area is 83.4 Å². The Morgan fingerprint density at radius 2 is 2.29 bits per heavy atom. The van der Waals surface area contributed by atoms with E-state index in [2.05, 4.69) is 5.32 Å². The Morgan fingerprint density at radius 1 is 1.43 bits per heavy atom. The van der Waals surface area contributed by atoms with Gasteiger partial charge in [-0.3, -0.25) is 0 Å². The van der Waals surface area contributed by atoms with Gasteiger partial charge in [0.05, 0.1) is 5.60 Å². The summed E-state index contributed by atoms with van der Waals surface area (Å²) in [5.41, 5.74) is 0.351. The highest BCUT2D eigenvalue weighted by molar-refractivity contribution is 5.28. The first-order chi connectivity index (χ1) is 6.68. The van der Waals surface area contributed by atoms with Gasteiger partial charge in [0, 0.05) is 13.0 Å². The number of aliphatic hydroxyl groups is 1. The van der Waals surface area contributed by atoms with Gasteiger partial charge >= 0.3 is 0 Å². The molecule has 1 aliphatic heterocycles. The molecule has 76 valence electrons. The first-order valence-corrected chi connectivity index (χ1v) is 4.89. The van der Waals surface area contributed by atoms with E-state index in [1.54, 1.807) is 18.2 Å². The molecule has 1 atom stereocenters. The monoisotopic (exact) mass is 193 g/mol. The quantitative estimate of drug-likeness (QED) is 0.646. The highest BCUT2D eigenvalue weighted by atomic mass is 16.3. The van der Waals surface area contributed by atoms with Crippen LogP contribution in [0.4, 0.5) is 0 Å². The summed E-state index contributed by atoms with van der Waals surface area (Å²) >= 11 is 0. The summed E-state index contributed by atoms with van der Waals surface area (Å²) in [6.07, 6.45) is 1.39. The fourth-order valence-corrected chi connectivity index (χ4v) is 1.93. The Bertz CT molecular complexity index is 319. The average molecular weight is 193 g/mol. The molecular formula is C11H15NO2. The van der Waals surface area contributed by atoms with Gasteiger partial charge in [0.1, 0.15) is 5.75 Å². The third kappa shape index (κ3) is 2.05. The fraction of sp³-hybridized carbons (Fsp3) is 0.455. The highest BCUT2D eigenvalue weighted by Gasteiger charge is 2.30. The molecule has 1 aromatic carbocycles. The molecule has 0 radical (unpaired) electrons. The molecule has 1 aromatic rings. The van der Waals surface area contributed by atoms with E-state index in [1.165, 1.54) is 0 Å². The molecule has 14 heavy (non-hydrogen) atoms. The molecule has 0 spiro atoms. The first-order valence-electron chi connectivity index (χ1n) is 4.89. The molecule has 3 heteroatoms. The number of rotatable bonds is 2. The number of hydrogen-bond donors (Lipinski definition) is 3. The van der Waals surface area contributed by atoms with Crippen LogP contribution in [0.5, 0.6) is 5.75 Å². The summed E-state index contributed by atoms with van der Waals surface area (Å²) in [5, 5.41) is 22.5. The van der Waals surface area contributed by atoms with Gasteiger partial charge in [-0.25, -0.2) is 0 Å². The molecule has 0 bridgehead atoms. The topological polar surface area (TPSA) is 52.5 Å². The molecule has 0 aliphatic carbocycles. The lowest BCUT2D eigenvalue weighted by Crippen LogP contribution is -2.33. The number of β-amino-alcohol motifs (C(OH)–C–C–N with tert-alkyl or cyclic N) is 1. The minimum absolute atomic E-state index is 0.261.